The number of para-hydroxylation sites is 1. The first-order chi connectivity index (χ1) is 24.0. The van der Waals surface area contributed by atoms with E-state index in [-0.39, 0.29) is 26.5 Å². The van der Waals surface area contributed by atoms with E-state index in [0.29, 0.717) is 23.3 Å². The van der Waals surface area contributed by atoms with Crippen molar-refractivity contribution in [2.45, 2.75) is 51.4 Å². The molecule has 3 aromatic heterocycles. The second kappa shape index (κ2) is 12.1. The Morgan fingerprint density at radius 2 is 1.44 bits per heavy atom. The molecule has 0 amide bonds. The van der Waals surface area contributed by atoms with Gasteiger partial charge in [-0.1, -0.05) is 54.0 Å². The van der Waals surface area contributed by atoms with E-state index in [1.807, 2.05) is 42.1 Å². The van der Waals surface area contributed by atoms with Gasteiger partial charge in [0.05, 0.1) is 5.69 Å². The first kappa shape index (κ1) is 31.5. The molecule has 11 rings (SSSR count). The predicted molar refractivity (Wildman–Crippen MR) is 194 cm³/mol. The number of fused-ring (bicyclic) bond motifs is 3. The van der Waals surface area contributed by atoms with Crippen LogP contribution in [0.25, 0.3) is 33.3 Å². The Morgan fingerprint density at radius 1 is 0.700 bits per heavy atom. The van der Waals surface area contributed by atoms with Crippen molar-refractivity contribution >= 4 is 21.8 Å². The standard InChI is InChI=1S/C44H38N4O.Pt/c1-28-19-29(2)48(46-28)36-11-8-12-37(26-36)49-38-15-16-40-39-13-6-7-14-41(39)47(42(40)27-38)43-25-33(17-18-45-43)44(32-9-4-3-5-10-32)34-21-30-20-31(23-34)24-35(44)22-30;/h3-19,25,30-31,34-35H,20-24H2,1-2H3;/q-2;+2. The molecule has 4 aliphatic carbocycles. The van der Waals surface area contributed by atoms with Crippen LogP contribution in [0.1, 0.15) is 54.6 Å². The van der Waals surface area contributed by atoms with Crippen LogP contribution in [-0.4, -0.2) is 19.3 Å². The van der Waals surface area contributed by atoms with Crippen molar-refractivity contribution in [3.05, 3.63) is 144 Å². The number of rotatable bonds is 6. The van der Waals surface area contributed by atoms with E-state index in [1.165, 1.54) is 48.6 Å². The molecule has 0 unspecified atom stereocenters. The Labute approximate surface area is 307 Å². The van der Waals surface area contributed by atoms with Gasteiger partial charge in [-0.3, -0.25) is 4.68 Å². The average Bonchev–Trinajstić information content (AvgIpc) is 3.64. The van der Waals surface area contributed by atoms with Crippen LogP contribution in [0.4, 0.5) is 0 Å². The van der Waals surface area contributed by atoms with Gasteiger partial charge in [0.25, 0.3) is 0 Å². The van der Waals surface area contributed by atoms with E-state index in [2.05, 4.69) is 108 Å². The molecule has 4 saturated carbocycles. The normalized spacial score (nSPS) is 23.7. The third kappa shape index (κ3) is 4.84. The van der Waals surface area contributed by atoms with Gasteiger partial charge in [0.2, 0.25) is 0 Å². The third-order valence-corrected chi connectivity index (χ3v) is 11.9. The topological polar surface area (TPSA) is 44.9 Å². The van der Waals surface area contributed by atoms with Crippen LogP contribution in [0.2, 0.25) is 0 Å². The SMILES string of the molecule is Cc1cc(C)n(-c2[c-]c(Oc3[c-]c4c(cc3)c3ccccc3n4-c3cc(C4(c5ccccc5)C5CC6CC(C5)CC4C6)ccn3)ccc2)n1.[Pt+2]. The molecule has 5 nitrogen and oxygen atoms in total. The summed E-state index contributed by atoms with van der Waals surface area (Å²) in [5.41, 5.74) is 7.84. The molecule has 4 aromatic carbocycles. The van der Waals surface area contributed by atoms with Gasteiger partial charge < -0.3 is 9.30 Å². The molecule has 7 aromatic rings. The smallest absolute Gasteiger partial charge is 0.509 e. The van der Waals surface area contributed by atoms with Gasteiger partial charge in [-0.25, -0.2) is 4.98 Å². The summed E-state index contributed by atoms with van der Waals surface area (Å²) in [5.74, 6) is 5.28. The van der Waals surface area contributed by atoms with E-state index >= 15 is 0 Å². The molecule has 0 atom stereocenters. The third-order valence-electron chi connectivity index (χ3n) is 11.9. The summed E-state index contributed by atoms with van der Waals surface area (Å²) in [5, 5.41) is 6.95. The largest absolute Gasteiger partial charge is 2.00 e. The minimum Gasteiger partial charge on any atom is -0.509 e. The van der Waals surface area contributed by atoms with E-state index in [4.69, 9.17) is 9.72 Å². The van der Waals surface area contributed by atoms with Gasteiger partial charge in [0.15, 0.2) is 0 Å². The van der Waals surface area contributed by atoms with Crippen LogP contribution in [0.15, 0.2) is 109 Å². The monoisotopic (exact) mass is 833 g/mol. The maximum Gasteiger partial charge on any atom is 2.00 e. The van der Waals surface area contributed by atoms with Crippen molar-refractivity contribution < 1.29 is 25.8 Å². The van der Waals surface area contributed by atoms with E-state index < -0.39 is 0 Å². The van der Waals surface area contributed by atoms with Gasteiger partial charge in [0, 0.05) is 34.3 Å². The quantitative estimate of drug-likeness (QED) is 0.157. The Hall–Kier alpha value is -4.47. The van der Waals surface area contributed by atoms with Crippen molar-refractivity contribution in [2.75, 3.05) is 0 Å². The molecular formula is C44H38N4OPt. The molecule has 250 valence electrons. The van der Waals surface area contributed by atoms with Crippen LogP contribution >= 0.6 is 0 Å². The van der Waals surface area contributed by atoms with Gasteiger partial charge >= 0.3 is 21.1 Å². The maximum absolute atomic E-state index is 6.45. The molecule has 3 heterocycles. The van der Waals surface area contributed by atoms with Crippen LogP contribution in [0.5, 0.6) is 11.5 Å². The zero-order valence-electron chi connectivity index (χ0n) is 28.3. The summed E-state index contributed by atoms with van der Waals surface area (Å²) in [6.07, 6.45) is 8.82. The summed E-state index contributed by atoms with van der Waals surface area (Å²) >= 11 is 0. The maximum atomic E-state index is 6.45. The minimum absolute atomic E-state index is 0. The minimum atomic E-state index is 0. The summed E-state index contributed by atoms with van der Waals surface area (Å²) in [7, 11) is 0. The van der Waals surface area contributed by atoms with Gasteiger partial charge in [-0.2, -0.15) is 17.2 Å². The van der Waals surface area contributed by atoms with Crippen LogP contribution in [-0.2, 0) is 26.5 Å². The fourth-order valence-corrected chi connectivity index (χ4v) is 10.3. The van der Waals surface area contributed by atoms with Gasteiger partial charge in [-0.15, -0.1) is 35.7 Å². The van der Waals surface area contributed by atoms with E-state index in [0.717, 1.165) is 51.1 Å². The number of nitrogens with zero attached hydrogens (tertiary/aromatic N) is 4. The number of aryl methyl sites for hydroxylation is 2. The van der Waals surface area contributed by atoms with Gasteiger partial charge in [0.1, 0.15) is 5.82 Å². The van der Waals surface area contributed by atoms with Crippen LogP contribution in [0.3, 0.4) is 0 Å². The number of aromatic nitrogens is 4. The molecule has 6 heteroatoms. The Bertz CT molecular complexity index is 2350. The number of benzene rings is 4. The van der Waals surface area contributed by atoms with Gasteiger partial charge in [-0.05, 0) is 116 Å². The molecule has 50 heavy (non-hydrogen) atoms. The summed E-state index contributed by atoms with van der Waals surface area (Å²) in [6, 6.07) is 43.9. The van der Waals surface area contributed by atoms with Crippen molar-refractivity contribution in [2.24, 2.45) is 23.7 Å². The molecule has 4 aliphatic rings. The molecule has 0 N–H and O–H groups in total. The average molecular weight is 834 g/mol. The van der Waals surface area contributed by atoms with Crippen molar-refractivity contribution in [3.8, 4) is 23.0 Å². The molecular weight excluding hydrogens is 796 g/mol. The fraction of sp³-hybridized carbons (Fsp3) is 0.273. The predicted octanol–water partition coefficient (Wildman–Crippen LogP) is 10.1. The van der Waals surface area contributed by atoms with Crippen molar-refractivity contribution in [1.29, 1.82) is 0 Å². The second-order valence-corrected chi connectivity index (χ2v) is 14.7. The number of hydrogen-bond acceptors (Lipinski definition) is 3. The zero-order chi connectivity index (χ0) is 32.7. The molecule has 4 fully saturated rings. The Balaban J connectivity index is 0.00000336. The Kier molecular flexibility index (Phi) is 7.62. The fourth-order valence-electron chi connectivity index (χ4n) is 10.3. The van der Waals surface area contributed by atoms with E-state index in [1.54, 1.807) is 0 Å². The first-order valence-corrected chi connectivity index (χ1v) is 17.8. The van der Waals surface area contributed by atoms with Crippen LogP contribution < -0.4 is 4.74 Å². The summed E-state index contributed by atoms with van der Waals surface area (Å²) < 4.78 is 10.6. The molecule has 0 saturated heterocycles. The summed E-state index contributed by atoms with van der Waals surface area (Å²) in [4.78, 5) is 5.07. The molecule has 0 spiro atoms. The number of pyridine rings is 1. The zero-order valence-corrected chi connectivity index (χ0v) is 30.5. The molecule has 4 bridgehead atoms. The Morgan fingerprint density at radius 3 is 2.20 bits per heavy atom. The number of hydrogen-bond donors (Lipinski definition) is 0. The first-order valence-electron chi connectivity index (χ1n) is 17.8. The second-order valence-electron chi connectivity index (χ2n) is 14.7. The van der Waals surface area contributed by atoms with Crippen LogP contribution in [0, 0.1) is 49.7 Å². The van der Waals surface area contributed by atoms with Crippen molar-refractivity contribution in [3.63, 3.8) is 0 Å². The molecule has 0 radical (unpaired) electrons. The molecule has 0 aliphatic heterocycles. The van der Waals surface area contributed by atoms with Crippen molar-refractivity contribution in [1.82, 2.24) is 19.3 Å². The summed E-state index contributed by atoms with van der Waals surface area (Å²) in [6.45, 7) is 4.05. The number of ether oxygens (including phenoxy) is 1. The van der Waals surface area contributed by atoms with E-state index in [9.17, 15) is 0 Å².